The van der Waals surface area contributed by atoms with Crippen molar-refractivity contribution in [2.24, 2.45) is 29.6 Å². The number of hydrogen-bond donors (Lipinski definition) is 0. The highest BCUT2D eigenvalue weighted by atomic mass is 19.2. The molecule has 3 saturated carbocycles. The van der Waals surface area contributed by atoms with Crippen molar-refractivity contribution < 1.29 is 18.3 Å². The van der Waals surface area contributed by atoms with Crippen molar-refractivity contribution in [3.05, 3.63) is 35.4 Å². The van der Waals surface area contributed by atoms with Crippen molar-refractivity contribution >= 4 is 0 Å². The molecule has 4 aliphatic carbocycles. The predicted molar refractivity (Wildman–Crippen MR) is 118 cm³/mol. The van der Waals surface area contributed by atoms with Gasteiger partial charge in [0.15, 0.2) is 11.5 Å². The first kappa shape index (κ1) is 21.3. The second kappa shape index (κ2) is 9.50. The van der Waals surface area contributed by atoms with Crippen LogP contribution in [0.15, 0.2) is 23.8 Å². The highest BCUT2D eigenvalue weighted by Gasteiger charge is 2.32. The van der Waals surface area contributed by atoms with Gasteiger partial charge in [0.1, 0.15) is 6.61 Å². The fourth-order valence-corrected chi connectivity index (χ4v) is 5.59. The molecule has 5 rings (SSSR count). The molecule has 170 valence electrons. The highest BCUT2D eigenvalue weighted by molar-refractivity contribution is 5.35. The quantitative estimate of drug-likeness (QED) is 0.378. The molecule has 0 radical (unpaired) electrons. The summed E-state index contributed by atoms with van der Waals surface area (Å²) in [5.41, 5.74) is 1.22. The molecule has 31 heavy (non-hydrogen) atoms. The van der Waals surface area contributed by atoms with Gasteiger partial charge in [0.2, 0.25) is 11.6 Å². The molecule has 1 aromatic rings. The molecule has 0 aromatic heterocycles. The molecule has 0 bridgehead atoms. The maximum atomic E-state index is 14.4. The van der Waals surface area contributed by atoms with E-state index in [1.165, 1.54) is 69.1 Å². The highest BCUT2D eigenvalue weighted by Crippen LogP contribution is 2.44. The minimum atomic E-state index is -0.939. The van der Waals surface area contributed by atoms with E-state index >= 15 is 0 Å². The van der Waals surface area contributed by atoms with E-state index in [4.69, 9.17) is 9.47 Å². The molecule has 2 nitrogen and oxygen atoms in total. The molecule has 4 aliphatic rings. The van der Waals surface area contributed by atoms with Crippen molar-refractivity contribution in [3.63, 3.8) is 0 Å². The van der Waals surface area contributed by atoms with Gasteiger partial charge < -0.3 is 9.47 Å². The van der Waals surface area contributed by atoms with Crippen LogP contribution in [0.5, 0.6) is 11.5 Å². The molecule has 1 unspecified atom stereocenters. The maximum absolute atomic E-state index is 14.4. The third-order valence-electron chi connectivity index (χ3n) is 8.06. The average molecular weight is 431 g/mol. The van der Waals surface area contributed by atoms with Gasteiger partial charge in [0.25, 0.3) is 0 Å². The monoisotopic (exact) mass is 430 g/mol. The molecule has 0 saturated heterocycles. The van der Waals surface area contributed by atoms with Gasteiger partial charge in [-0.2, -0.15) is 8.78 Å². The number of benzene rings is 1. The Balaban J connectivity index is 1.07. The Kier molecular flexibility index (Phi) is 6.52. The van der Waals surface area contributed by atoms with E-state index in [9.17, 15) is 8.78 Å². The lowest BCUT2D eigenvalue weighted by Crippen LogP contribution is -2.24. The van der Waals surface area contributed by atoms with Gasteiger partial charge in [-0.05, 0) is 98.7 Å². The number of allylic oxidation sites excluding steroid dienone is 1. The average Bonchev–Trinajstić information content (AvgIpc) is 3.71. The van der Waals surface area contributed by atoms with Crippen LogP contribution in [0.3, 0.4) is 0 Å². The third-order valence-corrected chi connectivity index (χ3v) is 8.06. The Hall–Kier alpha value is -1.58. The molecule has 0 amide bonds. The lowest BCUT2D eigenvalue weighted by atomic mass is 9.70. The topological polar surface area (TPSA) is 18.5 Å². The van der Waals surface area contributed by atoms with E-state index in [1.807, 2.05) is 0 Å². The summed E-state index contributed by atoms with van der Waals surface area (Å²) in [7, 11) is 0. The van der Waals surface area contributed by atoms with E-state index in [0.717, 1.165) is 49.4 Å². The Morgan fingerprint density at radius 3 is 1.90 bits per heavy atom. The summed E-state index contributed by atoms with van der Waals surface area (Å²) in [6.45, 7) is 0.812. The first-order valence-corrected chi connectivity index (χ1v) is 12.6. The van der Waals surface area contributed by atoms with E-state index < -0.39 is 11.6 Å². The van der Waals surface area contributed by atoms with E-state index in [2.05, 4.69) is 6.08 Å². The maximum Gasteiger partial charge on any atom is 0.204 e. The van der Waals surface area contributed by atoms with Crippen molar-refractivity contribution in [1.29, 1.82) is 0 Å². The van der Waals surface area contributed by atoms with Crippen molar-refractivity contribution in [2.75, 3.05) is 13.2 Å². The summed E-state index contributed by atoms with van der Waals surface area (Å²) in [6.07, 6.45) is 18.0. The van der Waals surface area contributed by atoms with Crippen LogP contribution in [-0.2, 0) is 0 Å². The lowest BCUT2D eigenvalue weighted by Gasteiger charge is -2.35. The second-order valence-corrected chi connectivity index (χ2v) is 10.6. The van der Waals surface area contributed by atoms with Gasteiger partial charge in [-0.3, -0.25) is 0 Å². The summed E-state index contributed by atoms with van der Waals surface area (Å²) >= 11 is 0. The van der Waals surface area contributed by atoms with Crippen LogP contribution in [0.1, 0.15) is 77.0 Å². The molecule has 1 atom stereocenters. The number of hydrogen-bond acceptors (Lipinski definition) is 2. The Morgan fingerprint density at radius 2 is 1.32 bits per heavy atom. The Morgan fingerprint density at radius 1 is 0.710 bits per heavy atom. The minimum Gasteiger partial charge on any atom is -0.490 e. The van der Waals surface area contributed by atoms with Gasteiger partial charge >= 0.3 is 0 Å². The summed E-state index contributed by atoms with van der Waals surface area (Å²) in [6, 6.07) is 2.98. The lowest BCUT2D eigenvalue weighted by molar-refractivity contribution is 0.182. The standard InChI is InChI=1S/C27H36F2O2/c28-26-24(30-16-20-3-4-20)13-14-25(27(26)29)31-17-21-7-11-23(12-8-21)22-9-5-19(6-10-22)15-18-1-2-18/h7,13-14,18-20,22-23H,1-6,8-12,15-17H2. The van der Waals surface area contributed by atoms with Crippen LogP contribution < -0.4 is 9.47 Å². The Labute approximate surface area is 185 Å². The number of rotatable bonds is 9. The first-order valence-electron chi connectivity index (χ1n) is 12.6. The zero-order chi connectivity index (χ0) is 21.2. The van der Waals surface area contributed by atoms with Crippen LogP contribution >= 0.6 is 0 Å². The number of ether oxygens (including phenoxy) is 2. The van der Waals surface area contributed by atoms with Crippen LogP contribution in [0.25, 0.3) is 0 Å². The SMILES string of the molecule is Fc1c(OCC2=CCC(C3CCC(CC4CC4)CC3)CC2)ccc(OCC2CC2)c1F. The van der Waals surface area contributed by atoms with Crippen molar-refractivity contribution in [2.45, 2.75) is 77.0 Å². The van der Waals surface area contributed by atoms with Gasteiger partial charge in [0, 0.05) is 0 Å². The van der Waals surface area contributed by atoms with E-state index in [-0.39, 0.29) is 11.5 Å². The molecule has 4 heteroatoms. The molecule has 1 aromatic carbocycles. The zero-order valence-corrected chi connectivity index (χ0v) is 18.6. The van der Waals surface area contributed by atoms with Crippen LogP contribution in [0.2, 0.25) is 0 Å². The summed E-state index contributed by atoms with van der Waals surface area (Å²) < 4.78 is 39.7. The van der Waals surface area contributed by atoms with Crippen LogP contribution in [-0.4, -0.2) is 13.2 Å². The molecule has 0 N–H and O–H groups in total. The third kappa shape index (κ3) is 5.62. The molecule has 3 fully saturated rings. The van der Waals surface area contributed by atoms with Crippen molar-refractivity contribution in [3.8, 4) is 11.5 Å². The first-order chi connectivity index (χ1) is 15.2. The van der Waals surface area contributed by atoms with E-state index in [0.29, 0.717) is 19.1 Å². The zero-order valence-electron chi connectivity index (χ0n) is 18.6. The number of halogens is 2. The fraction of sp³-hybridized carbons (Fsp3) is 0.704. The van der Waals surface area contributed by atoms with E-state index in [1.54, 1.807) is 0 Å². The molecular formula is C27H36F2O2. The summed E-state index contributed by atoms with van der Waals surface area (Å²) in [4.78, 5) is 0. The van der Waals surface area contributed by atoms with Gasteiger partial charge in [-0.15, -0.1) is 0 Å². The predicted octanol–water partition coefficient (Wildman–Crippen LogP) is 7.47. The van der Waals surface area contributed by atoms with Gasteiger partial charge in [-0.1, -0.05) is 31.8 Å². The molecule has 0 heterocycles. The minimum absolute atomic E-state index is 0.0108. The fourth-order valence-electron chi connectivity index (χ4n) is 5.59. The normalized spacial score (nSPS) is 28.8. The molecular weight excluding hydrogens is 394 g/mol. The van der Waals surface area contributed by atoms with Crippen LogP contribution in [0.4, 0.5) is 8.78 Å². The summed E-state index contributed by atoms with van der Waals surface area (Å²) in [5.74, 6) is 2.32. The van der Waals surface area contributed by atoms with Crippen LogP contribution in [0, 0.1) is 41.2 Å². The Bertz CT molecular complexity index is 789. The van der Waals surface area contributed by atoms with Gasteiger partial charge in [0.05, 0.1) is 6.61 Å². The summed E-state index contributed by atoms with van der Waals surface area (Å²) in [5, 5.41) is 0. The second-order valence-electron chi connectivity index (χ2n) is 10.6. The molecule has 0 spiro atoms. The largest absolute Gasteiger partial charge is 0.490 e. The van der Waals surface area contributed by atoms with Gasteiger partial charge in [-0.25, -0.2) is 0 Å². The smallest absolute Gasteiger partial charge is 0.204 e. The molecule has 0 aliphatic heterocycles. The van der Waals surface area contributed by atoms with Crippen molar-refractivity contribution in [1.82, 2.24) is 0 Å².